The molecule has 0 atom stereocenters. The van der Waals surface area contributed by atoms with E-state index in [1.54, 1.807) is 0 Å². The van der Waals surface area contributed by atoms with Crippen molar-refractivity contribution in [1.82, 2.24) is 5.32 Å². The monoisotopic (exact) mass is 247 g/mol. The molecular formula is C12H25NO2S. The van der Waals surface area contributed by atoms with Crippen LogP contribution in [0.2, 0.25) is 0 Å². The van der Waals surface area contributed by atoms with Crippen LogP contribution in [0.5, 0.6) is 0 Å². The third-order valence-electron chi connectivity index (χ3n) is 3.99. The molecular weight excluding hydrogens is 222 g/mol. The lowest BCUT2D eigenvalue weighted by Crippen LogP contribution is -2.43. The Morgan fingerprint density at radius 1 is 1.31 bits per heavy atom. The van der Waals surface area contributed by atoms with Crippen molar-refractivity contribution in [2.75, 3.05) is 24.7 Å². The van der Waals surface area contributed by atoms with Gasteiger partial charge in [-0.25, -0.2) is 0 Å². The highest BCUT2D eigenvalue weighted by atomic mass is 32.2. The van der Waals surface area contributed by atoms with Crippen LogP contribution in [-0.2, 0) is 10.8 Å². The van der Waals surface area contributed by atoms with Gasteiger partial charge < -0.3 is 10.4 Å². The summed E-state index contributed by atoms with van der Waals surface area (Å²) in [5, 5.41) is 13.0. The van der Waals surface area contributed by atoms with Crippen LogP contribution >= 0.6 is 0 Å². The second-order valence-electron chi connectivity index (χ2n) is 4.87. The Morgan fingerprint density at radius 3 is 2.31 bits per heavy atom. The number of hydrogen-bond donors (Lipinski definition) is 2. The average molecular weight is 247 g/mol. The van der Waals surface area contributed by atoms with Crippen molar-refractivity contribution >= 4 is 10.8 Å². The van der Waals surface area contributed by atoms with Crippen molar-refractivity contribution < 1.29 is 9.32 Å². The van der Waals surface area contributed by atoms with Crippen LogP contribution < -0.4 is 5.32 Å². The minimum absolute atomic E-state index is 0.0383. The number of nitrogens with one attached hydrogen (secondary N) is 1. The highest BCUT2D eigenvalue weighted by Crippen LogP contribution is 2.25. The Hall–Kier alpha value is 0.0700. The van der Waals surface area contributed by atoms with E-state index < -0.39 is 10.8 Å². The summed E-state index contributed by atoms with van der Waals surface area (Å²) in [6.07, 6.45) is 4.04. The molecule has 0 aromatic carbocycles. The molecule has 0 amide bonds. The molecule has 0 spiro atoms. The van der Waals surface area contributed by atoms with E-state index in [0.717, 1.165) is 43.7 Å². The molecule has 1 aliphatic heterocycles. The first-order chi connectivity index (χ1) is 7.65. The highest BCUT2D eigenvalue weighted by molar-refractivity contribution is 7.85. The van der Waals surface area contributed by atoms with Gasteiger partial charge in [-0.15, -0.1) is 0 Å². The maximum atomic E-state index is 11.2. The molecule has 0 aliphatic carbocycles. The van der Waals surface area contributed by atoms with Gasteiger partial charge in [0.05, 0.1) is 0 Å². The van der Waals surface area contributed by atoms with E-state index in [2.05, 4.69) is 19.2 Å². The summed E-state index contributed by atoms with van der Waals surface area (Å²) >= 11 is 0. The number of rotatable bonds is 6. The van der Waals surface area contributed by atoms with Gasteiger partial charge in [0.15, 0.2) is 0 Å². The summed E-state index contributed by atoms with van der Waals surface area (Å²) in [5.74, 6) is 1.67. The molecule has 0 radical (unpaired) electrons. The van der Waals surface area contributed by atoms with E-state index in [1.165, 1.54) is 0 Å². The maximum absolute atomic E-state index is 11.2. The van der Waals surface area contributed by atoms with Crippen LogP contribution in [0.25, 0.3) is 0 Å². The molecule has 4 heteroatoms. The van der Waals surface area contributed by atoms with Gasteiger partial charge >= 0.3 is 0 Å². The second-order valence-corrected chi connectivity index (χ2v) is 6.56. The molecule has 0 unspecified atom stereocenters. The van der Waals surface area contributed by atoms with Gasteiger partial charge in [-0.05, 0) is 25.7 Å². The smallest absolute Gasteiger partial charge is 0.0499 e. The summed E-state index contributed by atoms with van der Waals surface area (Å²) in [4.78, 5) is 0. The van der Waals surface area contributed by atoms with E-state index in [0.29, 0.717) is 6.04 Å². The minimum atomic E-state index is -0.580. The quantitative estimate of drug-likeness (QED) is 0.743. The number of aliphatic hydroxyl groups is 1. The van der Waals surface area contributed by atoms with E-state index in [4.69, 9.17) is 0 Å². The summed E-state index contributed by atoms with van der Waals surface area (Å²) in [6.45, 7) is 5.41. The normalized spacial score (nSPS) is 26.9. The first-order valence-corrected chi connectivity index (χ1v) is 7.84. The topological polar surface area (TPSA) is 49.3 Å². The molecule has 1 aliphatic rings. The molecule has 16 heavy (non-hydrogen) atoms. The predicted molar refractivity (Wildman–Crippen MR) is 69.0 cm³/mol. The molecule has 0 saturated carbocycles. The largest absolute Gasteiger partial charge is 0.396 e. The van der Waals surface area contributed by atoms with Gasteiger partial charge in [-0.3, -0.25) is 4.21 Å². The fraction of sp³-hybridized carbons (Fsp3) is 1.00. The Kier molecular flexibility index (Phi) is 5.94. The van der Waals surface area contributed by atoms with Gasteiger partial charge in [-0.1, -0.05) is 13.8 Å². The summed E-state index contributed by atoms with van der Waals surface area (Å²) < 4.78 is 11.2. The van der Waals surface area contributed by atoms with Crippen LogP contribution in [0, 0.1) is 5.41 Å². The van der Waals surface area contributed by atoms with Gasteiger partial charge in [0.2, 0.25) is 0 Å². The molecule has 0 aromatic heterocycles. The molecule has 1 rings (SSSR count). The number of aliphatic hydroxyl groups excluding tert-OH is 1. The highest BCUT2D eigenvalue weighted by Gasteiger charge is 2.27. The van der Waals surface area contributed by atoms with E-state index in [1.807, 2.05) is 0 Å². The van der Waals surface area contributed by atoms with Crippen molar-refractivity contribution in [3.05, 3.63) is 0 Å². The standard InChI is InChI=1S/C12H25NO2S/c1-3-12(4-2,10-14)9-13-11-5-7-16(15)8-6-11/h11,13-14H,3-10H2,1-2H3. The van der Waals surface area contributed by atoms with Gasteiger partial charge in [-0.2, -0.15) is 0 Å². The van der Waals surface area contributed by atoms with Crippen LogP contribution in [-0.4, -0.2) is 40.0 Å². The van der Waals surface area contributed by atoms with Crippen molar-refractivity contribution in [2.24, 2.45) is 5.41 Å². The zero-order chi connectivity index (χ0) is 12.0. The van der Waals surface area contributed by atoms with Crippen molar-refractivity contribution in [3.8, 4) is 0 Å². The molecule has 1 fully saturated rings. The Morgan fingerprint density at radius 2 is 1.88 bits per heavy atom. The van der Waals surface area contributed by atoms with Crippen molar-refractivity contribution in [3.63, 3.8) is 0 Å². The third-order valence-corrected chi connectivity index (χ3v) is 5.37. The predicted octanol–water partition coefficient (Wildman–Crippen LogP) is 1.29. The zero-order valence-corrected chi connectivity index (χ0v) is 11.3. The van der Waals surface area contributed by atoms with Crippen molar-refractivity contribution in [1.29, 1.82) is 0 Å². The molecule has 3 nitrogen and oxygen atoms in total. The van der Waals surface area contributed by atoms with E-state index in [-0.39, 0.29) is 12.0 Å². The average Bonchev–Trinajstić information content (AvgIpc) is 2.34. The molecule has 0 bridgehead atoms. The maximum Gasteiger partial charge on any atom is 0.0499 e. The van der Waals surface area contributed by atoms with E-state index >= 15 is 0 Å². The van der Waals surface area contributed by atoms with Crippen molar-refractivity contribution in [2.45, 2.75) is 45.6 Å². The second kappa shape index (κ2) is 6.72. The van der Waals surface area contributed by atoms with Crippen LogP contribution in [0.15, 0.2) is 0 Å². The van der Waals surface area contributed by atoms with Gasteiger partial charge in [0.1, 0.15) is 0 Å². The molecule has 2 N–H and O–H groups in total. The molecule has 0 aromatic rings. The fourth-order valence-electron chi connectivity index (χ4n) is 2.14. The molecule has 1 heterocycles. The first-order valence-electron chi connectivity index (χ1n) is 6.35. The zero-order valence-electron chi connectivity index (χ0n) is 10.5. The number of hydrogen-bond acceptors (Lipinski definition) is 3. The summed E-state index contributed by atoms with van der Waals surface area (Å²) in [5.41, 5.74) is 0.0383. The first kappa shape index (κ1) is 14.1. The summed E-state index contributed by atoms with van der Waals surface area (Å²) in [7, 11) is -0.580. The Labute approximate surface area is 101 Å². The van der Waals surface area contributed by atoms with Crippen LogP contribution in [0.3, 0.4) is 0 Å². The van der Waals surface area contributed by atoms with E-state index in [9.17, 15) is 9.32 Å². The third kappa shape index (κ3) is 3.82. The summed E-state index contributed by atoms with van der Waals surface area (Å²) in [6, 6.07) is 0.502. The molecule has 96 valence electrons. The SMILES string of the molecule is CCC(CC)(CO)CNC1CCS(=O)CC1. The lowest BCUT2D eigenvalue weighted by atomic mass is 9.83. The fourth-order valence-corrected chi connectivity index (χ4v) is 3.44. The Bertz CT molecular complexity index is 211. The lowest BCUT2D eigenvalue weighted by Gasteiger charge is -2.33. The van der Waals surface area contributed by atoms with Crippen LogP contribution in [0.1, 0.15) is 39.5 Å². The van der Waals surface area contributed by atoms with Gasteiger partial charge in [0.25, 0.3) is 0 Å². The Balaban J connectivity index is 2.34. The van der Waals surface area contributed by atoms with Gasteiger partial charge in [0, 0.05) is 46.9 Å². The van der Waals surface area contributed by atoms with Crippen LogP contribution in [0.4, 0.5) is 0 Å². The molecule has 1 saturated heterocycles. The lowest BCUT2D eigenvalue weighted by molar-refractivity contribution is 0.109. The minimum Gasteiger partial charge on any atom is -0.396 e.